The molecule has 0 atom stereocenters. The minimum Gasteiger partial charge on any atom is -0.113 e. The molecule has 0 radical (unpaired) electrons. The van der Waals surface area contributed by atoms with Gasteiger partial charge in [0.1, 0.15) is 0 Å². The molecule has 2 aromatic rings. The average molecular weight is 175 g/mol. The van der Waals surface area contributed by atoms with Gasteiger partial charge in [-0.15, -0.1) is 11.6 Å². The molecule has 3 rings (SSSR count). The molecule has 0 saturated heterocycles. The Morgan fingerprint density at radius 3 is 2.08 bits per heavy atom. The highest BCUT2D eigenvalue weighted by atomic mass is 35.5. The van der Waals surface area contributed by atoms with E-state index in [1.807, 2.05) is 0 Å². The van der Waals surface area contributed by atoms with Crippen LogP contribution in [0.15, 0.2) is 36.4 Å². The summed E-state index contributed by atoms with van der Waals surface area (Å²) in [5.74, 6) is 0. The summed E-state index contributed by atoms with van der Waals surface area (Å²) in [6.45, 7) is 0. The van der Waals surface area contributed by atoms with E-state index in [0.29, 0.717) is 0 Å². The van der Waals surface area contributed by atoms with Crippen molar-refractivity contribution in [1.82, 2.24) is 0 Å². The van der Waals surface area contributed by atoms with Gasteiger partial charge in [0, 0.05) is 0 Å². The van der Waals surface area contributed by atoms with E-state index in [2.05, 4.69) is 36.4 Å². The van der Waals surface area contributed by atoms with Crippen LogP contribution in [-0.4, -0.2) is 0 Å². The van der Waals surface area contributed by atoms with E-state index >= 15 is 0 Å². The maximum Gasteiger partial charge on any atom is 0.0847 e. The van der Waals surface area contributed by atoms with Gasteiger partial charge in [0.05, 0.1) is 5.38 Å². The SMILES string of the molecule is ClC1c2cccc3cccc1c23. The van der Waals surface area contributed by atoms with Gasteiger partial charge in [0.15, 0.2) is 0 Å². The third-order valence-corrected chi connectivity index (χ3v) is 2.99. The van der Waals surface area contributed by atoms with Crippen LogP contribution in [0.25, 0.3) is 10.8 Å². The smallest absolute Gasteiger partial charge is 0.0847 e. The quantitative estimate of drug-likeness (QED) is 0.537. The second kappa shape index (κ2) is 2.02. The highest BCUT2D eigenvalue weighted by Gasteiger charge is 2.25. The van der Waals surface area contributed by atoms with Gasteiger partial charge in [-0.2, -0.15) is 0 Å². The molecule has 2 aromatic carbocycles. The average Bonchev–Trinajstić information content (AvgIpc) is 2.16. The molecule has 0 bridgehead atoms. The molecule has 58 valence electrons. The first kappa shape index (κ1) is 6.50. The Morgan fingerprint density at radius 1 is 0.917 bits per heavy atom. The van der Waals surface area contributed by atoms with Crippen molar-refractivity contribution in [2.45, 2.75) is 5.38 Å². The van der Waals surface area contributed by atoms with E-state index in [0.717, 1.165) is 0 Å². The third kappa shape index (κ3) is 0.598. The van der Waals surface area contributed by atoms with E-state index in [9.17, 15) is 0 Å². The van der Waals surface area contributed by atoms with Crippen LogP contribution < -0.4 is 0 Å². The molecular formula is C11H7Cl. The van der Waals surface area contributed by atoms with Crippen molar-refractivity contribution in [2.75, 3.05) is 0 Å². The van der Waals surface area contributed by atoms with E-state index in [4.69, 9.17) is 11.6 Å². The Labute approximate surface area is 75.8 Å². The van der Waals surface area contributed by atoms with Crippen LogP contribution in [0.4, 0.5) is 0 Å². The Hall–Kier alpha value is -1.01. The molecule has 0 spiro atoms. The maximum atomic E-state index is 6.15. The molecule has 0 unspecified atom stereocenters. The van der Waals surface area contributed by atoms with Crippen molar-refractivity contribution in [3.05, 3.63) is 47.5 Å². The van der Waals surface area contributed by atoms with Crippen LogP contribution in [0.5, 0.6) is 0 Å². The zero-order valence-electron chi connectivity index (χ0n) is 6.42. The lowest BCUT2D eigenvalue weighted by Gasteiger charge is -2.25. The van der Waals surface area contributed by atoms with Crippen LogP contribution in [0, 0.1) is 0 Å². The summed E-state index contributed by atoms with van der Waals surface area (Å²) >= 11 is 6.15. The minimum atomic E-state index is 0.130. The van der Waals surface area contributed by atoms with Gasteiger partial charge in [-0.25, -0.2) is 0 Å². The number of alkyl halides is 1. The summed E-state index contributed by atoms with van der Waals surface area (Å²) in [5, 5.41) is 2.80. The normalized spacial score (nSPS) is 14.8. The molecule has 1 aliphatic carbocycles. The Bertz CT molecular complexity index is 421. The number of halogens is 1. The van der Waals surface area contributed by atoms with Crippen LogP contribution in [0.2, 0.25) is 0 Å². The van der Waals surface area contributed by atoms with Crippen molar-refractivity contribution in [1.29, 1.82) is 0 Å². The zero-order valence-corrected chi connectivity index (χ0v) is 7.18. The summed E-state index contributed by atoms with van der Waals surface area (Å²) in [6, 6.07) is 12.6. The number of hydrogen-bond acceptors (Lipinski definition) is 0. The first-order valence-electron chi connectivity index (χ1n) is 4.03. The fourth-order valence-corrected chi connectivity index (χ4v) is 2.28. The van der Waals surface area contributed by atoms with Gasteiger partial charge in [-0.3, -0.25) is 0 Å². The second-order valence-corrected chi connectivity index (χ2v) is 3.59. The summed E-state index contributed by atoms with van der Waals surface area (Å²) in [5.41, 5.74) is 2.56. The highest BCUT2D eigenvalue weighted by molar-refractivity contribution is 6.27. The summed E-state index contributed by atoms with van der Waals surface area (Å²) in [7, 11) is 0. The Kier molecular flexibility index (Phi) is 1.09. The molecule has 1 heteroatoms. The third-order valence-electron chi connectivity index (χ3n) is 2.52. The van der Waals surface area contributed by atoms with Crippen molar-refractivity contribution in [3.63, 3.8) is 0 Å². The number of rotatable bonds is 0. The first-order valence-corrected chi connectivity index (χ1v) is 4.47. The van der Waals surface area contributed by atoms with Gasteiger partial charge in [0.2, 0.25) is 0 Å². The number of hydrogen-bond donors (Lipinski definition) is 0. The van der Waals surface area contributed by atoms with Crippen LogP contribution in [0.1, 0.15) is 16.5 Å². The fourth-order valence-electron chi connectivity index (χ4n) is 1.91. The standard InChI is InChI=1S/C11H7Cl/c12-11-8-5-1-3-7-4-2-6-9(11)10(7)8/h1-6,11H. The van der Waals surface area contributed by atoms with Crippen molar-refractivity contribution >= 4 is 22.4 Å². The molecule has 12 heavy (non-hydrogen) atoms. The van der Waals surface area contributed by atoms with Gasteiger partial charge in [-0.1, -0.05) is 36.4 Å². The maximum absolute atomic E-state index is 6.15. The van der Waals surface area contributed by atoms with E-state index in [-0.39, 0.29) is 5.38 Å². The van der Waals surface area contributed by atoms with Gasteiger partial charge in [0.25, 0.3) is 0 Å². The molecule has 0 amide bonds. The van der Waals surface area contributed by atoms with Crippen LogP contribution in [0.3, 0.4) is 0 Å². The van der Waals surface area contributed by atoms with Crippen LogP contribution in [-0.2, 0) is 0 Å². The molecular weight excluding hydrogens is 168 g/mol. The second-order valence-electron chi connectivity index (χ2n) is 3.16. The van der Waals surface area contributed by atoms with E-state index in [1.54, 1.807) is 0 Å². The summed E-state index contributed by atoms with van der Waals surface area (Å²) < 4.78 is 0. The molecule has 0 heterocycles. The van der Waals surface area contributed by atoms with Gasteiger partial charge < -0.3 is 0 Å². The predicted octanol–water partition coefficient (Wildman–Crippen LogP) is 3.48. The van der Waals surface area contributed by atoms with E-state index in [1.165, 1.54) is 21.9 Å². The lowest BCUT2D eigenvalue weighted by atomic mass is 9.85. The highest BCUT2D eigenvalue weighted by Crippen LogP contribution is 2.46. The molecule has 0 saturated carbocycles. The van der Waals surface area contributed by atoms with Gasteiger partial charge >= 0.3 is 0 Å². The molecule has 0 aliphatic heterocycles. The van der Waals surface area contributed by atoms with E-state index < -0.39 is 0 Å². The summed E-state index contributed by atoms with van der Waals surface area (Å²) in [6.07, 6.45) is 0. The molecule has 0 fully saturated rings. The largest absolute Gasteiger partial charge is 0.113 e. The van der Waals surface area contributed by atoms with Crippen molar-refractivity contribution in [2.24, 2.45) is 0 Å². The minimum absolute atomic E-state index is 0.130. The topological polar surface area (TPSA) is 0 Å². The lowest BCUT2D eigenvalue weighted by Crippen LogP contribution is -2.06. The molecule has 0 nitrogen and oxygen atoms in total. The monoisotopic (exact) mass is 174 g/mol. The fraction of sp³-hybridized carbons (Fsp3) is 0.0909. The molecule has 0 aromatic heterocycles. The van der Waals surface area contributed by atoms with Crippen molar-refractivity contribution < 1.29 is 0 Å². The first-order chi connectivity index (χ1) is 5.88. The van der Waals surface area contributed by atoms with Crippen LogP contribution >= 0.6 is 11.6 Å². The lowest BCUT2D eigenvalue weighted by molar-refractivity contribution is 1.11. The summed E-state index contributed by atoms with van der Waals surface area (Å²) in [4.78, 5) is 0. The number of benzene rings is 2. The zero-order chi connectivity index (χ0) is 8.13. The van der Waals surface area contributed by atoms with Gasteiger partial charge in [-0.05, 0) is 21.9 Å². The Morgan fingerprint density at radius 2 is 1.50 bits per heavy atom. The predicted molar refractivity (Wildman–Crippen MR) is 51.6 cm³/mol. The molecule has 0 N–H and O–H groups in total. The molecule has 1 aliphatic rings. The Balaban J connectivity index is 2.54. The van der Waals surface area contributed by atoms with Crippen molar-refractivity contribution in [3.8, 4) is 0 Å².